The first-order chi connectivity index (χ1) is 6.18. The molecule has 1 amide bonds. The van der Waals surface area contributed by atoms with E-state index in [9.17, 15) is 4.79 Å². The number of carbonyl (C=O) groups is 1. The van der Waals surface area contributed by atoms with Gasteiger partial charge in [0.05, 0.1) is 0 Å². The Morgan fingerprint density at radius 1 is 1.69 bits per heavy atom. The summed E-state index contributed by atoms with van der Waals surface area (Å²) in [4.78, 5) is 17.6. The van der Waals surface area contributed by atoms with Crippen LogP contribution in [-0.2, 0) is 11.8 Å². The van der Waals surface area contributed by atoms with Gasteiger partial charge in [-0.1, -0.05) is 15.9 Å². The summed E-state index contributed by atoms with van der Waals surface area (Å²) in [5.41, 5.74) is 0. The fourth-order valence-corrected chi connectivity index (χ4v) is 2.04. The molecular formula is C8H10BrN3O. The van der Waals surface area contributed by atoms with Crippen molar-refractivity contribution in [3.8, 4) is 0 Å². The van der Waals surface area contributed by atoms with E-state index in [0.29, 0.717) is 13.0 Å². The van der Waals surface area contributed by atoms with Gasteiger partial charge in [0, 0.05) is 37.2 Å². The molecule has 0 spiro atoms. The van der Waals surface area contributed by atoms with E-state index >= 15 is 0 Å². The SMILES string of the molecule is Cn1ccnc1N1CC(Br)CC1=O. The second-order valence-electron chi connectivity index (χ2n) is 3.14. The summed E-state index contributed by atoms with van der Waals surface area (Å²) in [6, 6.07) is 0. The molecule has 1 aliphatic rings. The molecule has 0 N–H and O–H groups in total. The summed E-state index contributed by atoms with van der Waals surface area (Å²) in [5.74, 6) is 0.864. The molecule has 1 saturated heterocycles. The van der Waals surface area contributed by atoms with Crippen molar-refractivity contribution in [1.29, 1.82) is 0 Å². The smallest absolute Gasteiger partial charge is 0.230 e. The van der Waals surface area contributed by atoms with Crippen molar-refractivity contribution in [3.05, 3.63) is 12.4 Å². The molecule has 0 bridgehead atoms. The Morgan fingerprint density at radius 2 is 2.46 bits per heavy atom. The standard InChI is InChI=1S/C8H10BrN3O/c1-11-3-2-10-8(11)12-5-6(9)4-7(12)13/h2-3,6H,4-5H2,1H3. The van der Waals surface area contributed by atoms with Gasteiger partial charge in [-0.15, -0.1) is 0 Å². The molecule has 13 heavy (non-hydrogen) atoms. The number of imidazole rings is 1. The number of amides is 1. The van der Waals surface area contributed by atoms with Crippen LogP contribution in [0.15, 0.2) is 12.4 Å². The van der Waals surface area contributed by atoms with Crippen molar-refractivity contribution in [2.24, 2.45) is 7.05 Å². The topological polar surface area (TPSA) is 38.1 Å². The number of carbonyl (C=O) groups excluding carboxylic acids is 1. The molecule has 0 saturated carbocycles. The van der Waals surface area contributed by atoms with Gasteiger partial charge in [-0.05, 0) is 0 Å². The molecule has 1 unspecified atom stereocenters. The molecule has 0 aliphatic carbocycles. The van der Waals surface area contributed by atoms with E-state index in [2.05, 4.69) is 20.9 Å². The summed E-state index contributed by atoms with van der Waals surface area (Å²) in [7, 11) is 1.89. The lowest BCUT2D eigenvalue weighted by Crippen LogP contribution is -2.27. The van der Waals surface area contributed by atoms with Gasteiger partial charge in [0.2, 0.25) is 11.9 Å². The van der Waals surface area contributed by atoms with Crippen molar-refractivity contribution in [1.82, 2.24) is 9.55 Å². The van der Waals surface area contributed by atoms with Crippen molar-refractivity contribution >= 4 is 27.8 Å². The maximum atomic E-state index is 11.5. The summed E-state index contributed by atoms with van der Waals surface area (Å²) >= 11 is 3.43. The third-order valence-corrected chi connectivity index (χ3v) is 2.73. The fraction of sp³-hybridized carbons (Fsp3) is 0.500. The van der Waals surface area contributed by atoms with E-state index in [1.165, 1.54) is 0 Å². The summed E-state index contributed by atoms with van der Waals surface area (Å²) in [5, 5.41) is 0. The molecule has 0 aromatic carbocycles. The van der Waals surface area contributed by atoms with Gasteiger partial charge in [0.15, 0.2) is 0 Å². The monoisotopic (exact) mass is 243 g/mol. The Labute approximate surface area is 84.7 Å². The second kappa shape index (κ2) is 3.14. The molecule has 1 fully saturated rings. The molecular weight excluding hydrogens is 234 g/mol. The van der Waals surface area contributed by atoms with Crippen LogP contribution in [0.1, 0.15) is 6.42 Å². The highest BCUT2D eigenvalue weighted by molar-refractivity contribution is 9.09. The summed E-state index contributed by atoms with van der Waals surface area (Å²) in [6.45, 7) is 0.712. The first kappa shape index (κ1) is 8.74. The van der Waals surface area contributed by atoms with Gasteiger partial charge >= 0.3 is 0 Å². The van der Waals surface area contributed by atoms with Gasteiger partial charge in [-0.2, -0.15) is 0 Å². The number of halogens is 1. The number of nitrogens with zero attached hydrogens (tertiary/aromatic N) is 3. The Hall–Kier alpha value is -0.840. The molecule has 4 nitrogen and oxygen atoms in total. The van der Waals surface area contributed by atoms with Gasteiger partial charge in [-0.3, -0.25) is 9.69 Å². The molecule has 2 rings (SSSR count). The minimum absolute atomic E-state index is 0.135. The van der Waals surface area contributed by atoms with E-state index < -0.39 is 0 Å². The molecule has 5 heteroatoms. The third kappa shape index (κ3) is 1.48. The van der Waals surface area contributed by atoms with Crippen LogP contribution in [0.3, 0.4) is 0 Å². The normalized spacial score (nSPS) is 22.8. The Balaban J connectivity index is 2.27. The highest BCUT2D eigenvalue weighted by Crippen LogP contribution is 2.22. The maximum Gasteiger partial charge on any atom is 0.230 e. The minimum atomic E-state index is 0.135. The van der Waals surface area contributed by atoms with Crippen molar-refractivity contribution < 1.29 is 4.79 Å². The Kier molecular flexibility index (Phi) is 2.11. The number of anilines is 1. The fourth-order valence-electron chi connectivity index (χ4n) is 1.48. The van der Waals surface area contributed by atoms with E-state index in [1.807, 2.05) is 17.8 Å². The summed E-state index contributed by atoms with van der Waals surface area (Å²) in [6.07, 6.45) is 4.10. The quantitative estimate of drug-likeness (QED) is 0.689. The zero-order valence-corrected chi connectivity index (χ0v) is 8.86. The average molecular weight is 244 g/mol. The highest BCUT2D eigenvalue weighted by Gasteiger charge is 2.30. The first-order valence-corrected chi connectivity index (χ1v) is 5.02. The Morgan fingerprint density at radius 3 is 2.92 bits per heavy atom. The predicted molar refractivity (Wildman–Crippen MR) is 52.9 cm³/mol. The lowest BCUT2D eigenvalue weighted by Gasteiger charge is -2.14. The number of hydrogen-bond acceptors (Lipinski definition) is 2. The van der Waals surface area contributed by atoms with Crippen LogP contribution in [0.5, 0.6) is 0 Å². The molecule has 1 atom stereocenters. The van der Waals surface area contributed by atoms with Gasteiger partial charge in [0.1, 0.15) is 0 Å². The Bertz CT molecular complexity index is 336. The van der Waals surface area contributed by atoms with Gasteiger partial charge < -0.3 is 4.57 Å². The number of aryl methyl sites for hydroxylation is 1. The van der Waals surface area contributed by atoms with Crippen LogP contribution < -0.4 is 4.90 Å². The van der Waals surface area contributed by atoms with Crippen LogP contribution in [0.2, 0.25) is 0 Å². The summed E-state index contributed by atoms with van der Waals surface area (Å²) < 4.78 is 1.85. The lowest BCUT2D eigenvalue weighted by molar-refractivity contribution is -0.117. The van der Waals surface area contributed by atoms with Crippen LogP contribution >= 0.6 is 15.9 Å². The largest absolute Gasteiger partial charge is 0.320 e. The minimum Gasteiger partial charge on any atom is -0.320 e. The van der Waals surface area contributed by atoms with Crippen LogP contribution in [0.25, 0.3) is 0 Å². The van der Waals surface area contributed by atoms with E-state index in [-0.39, 0.29) is 10.7 Å². The number of rotatable bonds is 1. The number of alkyl halides is 1. The second-order valence-corrected chi connectivity index (χ2v) is 4.44. The van der Waals surface area contributed by atoms with Gasteiger partial charge in [-0.25, -0.2) is 4.98 Å². The van der Waals surface area contributed by atoms with E-state index in [0.717, 1.165) is 5.95 Å². The average Bonchev–Trinajstić information content (AvgIpc) is 2.58. The van der Waals surface area contributed by atoms with Crippen LogP contribution in [-0.4, -0.2) is 26.8 Å². The first-order valence-electron chi connectivity index (χ1n) is 4.10. The van der Waals surface area contributed by atoms with Crippen LogP contribution in [0, 0.1) is 0 Å². The maximum absolute atomic E-state index is 11.5. The lowest BCUT2D eigenvalue weighted by atomic mass is 10.4. The number of hydrogen-bond donors (Lipinski definition) is 0. The zero-order chi connectivity index (χ0) is 9.42. The molecule has 70 valence electrons. The van der Waals surface area contributed by atoms with Crippen molar-refractivity contribution in [2.45, 2.75) is 11.2 Å². The predicted octanol–water partition coefficient (Wildman–Crippen LogP) is 0.920. The van der Waals surface area contributed by atoms with Crippen molar-refractivity contribution in [3.63, 3.8) is 0 Å². The number of aromatic nitrogens is 2. The highest BCUT2D eigenvalue weighted by atomic mass is 79.9. The van der Waals surface area contributed by atoms with Crippen molar-refractivity contribution in [2.75, 3.05) is 11.4 Å². The van der Waals surface area contributed by atoms with Gasteiger partial charge in [0.25, 0.3) is 0 Å². The van der Waals surface area contributed by atoms with E-state index in [1.54, 1.807) is 11.1 Å². The molecule has 1 aromatic rings. The van der Waals surface area contributed by atoms with Crippen LogP contribution in [0.4, 0.5) is 5.95 Å². The molecule has 2 heterocycles. The third-order valence-electron chi connectivity index (χ3n) is 2.12. The molecule has 1 aromatic heterocycles. The molecule has 1 aliphatic heterocycles. The zero-order valence-electron chi connectivity index (χ0n) is 7.27. The van der Waals surface area contributed by atoms with E-state index in [4.69, 9.17) is 0 Å². The molecule has 0 radical (unpaired) electrons.